The number of fused-ring (bicyclic) bond motifs is 8. The highest BCUT2D eigenvalue weighted by atomic mass is 14.3. The lowest BCUT2D eigenvalue weighted by atomic mass is 9.20. The Morgan fingerprint density at radius 1 is 0.198 bits per heavy atom. The van der Waals surface area contributed by atoms with Crippen LogP contribution in [0.25, 0.3) is 109 Å². The first-order chi connectivity index (χ1) is 41.6. The van der Waals surface area contributed by atoms with Crippen molar-refractivity contribution >= 4 is 111 Å². The number of hydrogen-bond acceptors (Lipinski definition) is 0. The zero-order chi connectivity index (χ0) is 59.1. The third kappa shape index (κ3) is 8.35. The average molecular weight is 1100 g/mol. The maximum absolute atomic E-state index is 2.60. The molecule has 0 bridgehead atoms. The van der Waals surface area contributed by atoms with E-state index in [-0.39, 0.29) is 13.4 Å². The minimum atomic E-state index is -0.148. The Bertz CT molecular complexity index is 4530. The zero-order valence-corrected chi connectivity index (χ0v) is 51.8. The van der Waals surface area contributed by atoms with E-state index in [1.165, 1.54) is 209 Å². The predicted molar refractivity (Wildman–Crippen MR) is 379 cm³/mol. The SMILES string of the molecule is Cc1cc(C)c(-c2cccc3c(B4c5cc6ccccc6cc5B(c5c6cccc(-c7c(C)cc(C)cc7C)c6cc6c(-c7c(C)cc(C)cc7C)cccc56)c5cc6ccccc6cc54)c4cccc(-c5c(C)cc(C)cc5C)c4cc23)c(C)c1. The van der Waals surface area contributed by atoms with Crippen LogP contribution >= 0.6 is 0 Å². The molecule has 0 aromatic heterocycles. The molecule has 1 heterocycles. The fraction of sp³-hybridized carbons (Fsp3) is 0.143. The molecule has 0 saturated heterocycles. The van der Waals surface area contributed by atoms with Crippen LogP contribution in [0, 0.1) is 83.1 Å². The van der Waals surface area contributed by atoms with Crippen molar-refractivity contribution in [3.8, 4) is 44.5 Å². The molecule has 1 aliphatic rings. The molecular formula is C84H70B2. The van der Waals surface area contributed by atoms with Crippen molar-refractivity contribution in [3.63, 3.8) is 0 Å². The Kier molecular flexibility index (Phi) is 12.6. The third-order valence-corrected chi connectivity index (χ3v) is 19.7. The van der Waals surface area contributed by atoms with Gasteiger partial charge in [-0.3, -0.25) is 0 Å². The van der Waals surface area contributed by atoms with Crippen molar-refractivity contribution in [2.75, 3.05) is 0 Å². The number of hydrogen-bond donors (Lipinski definition) is 0. The molecule has 0 unspecified atom stereocenters. The minimum Gasteiger partial charge on any atom is -0.0726 e. The van der Waals surface area contributed by atoms with Gasteiger partial charge in [0.05, 0.1) is 0 Å². The predicted octanol–water partition coefficient (Wildman–Crippen LogP) is 18.3. The number of rotatable bonds is 6. The monoisotopic (exact) mass is 1100 g/mol. The molecule has 0 spiro atoms. The third-order valence-electron chi connectivity index (χ3n) is 19.7. The van der Waals surface area contributed by atoms with Gasteiger partial charge in [0.15, 0.2) is 0 Å². The van der Waals surface area contributed by atoms with E-state index < -0.39 is 0 Å². The first-order valence-corrected chi connectivity index (χ1v) is 30.9. The minimum absolute atomic E-state index is 0.148. The molecule has 0 N–H and O–H groups in total. The summed E-state index contributed by atoms with van der Waals surface area (Å²) in [5, 5.41) is 15.3. The smallest absolute Gasteiger partial charge is 0.0726 e. The van der Waals surface area contributed by atoms with Gasteiger partial charge in [-0.15, -0.1) is 0 Å². The van der Waals surface area contributed by atoms with E-state index in [1.807, 2.05) is 0 Å². The van der Waals surface area contributed by atoms with Crippen molar-refractivity contribution in [3.05, 3.63) is 273 Å². The highest BCUT2D eigenvalue weighted by molar-refractivity contribution is 7.13. The van der Waals surface area contributed by atoms with Gasteiger partial charge in [-0.1, -0.05) is 249 Å². The van der Waals surface area contributed by atoms with Crippen LogP contribution in [0.4, 0.5) is 0 Å². The maximum atomic E-state index is 2.60. The second-order valence-electron chi connectivity index (χ2n) is 25.8. The molecule has 0 amide bonds. The van der Waals surface area contributed by atoms with E-state index in [9.17, 15) is 0 Å². The standard InChI is InChI=1S/C84H70B2/c1-47-33-51(5)79(52(6)34-47)63-25-17-29-67-71(63)45-72-64(80-53(7)35-48(2)36-54(80)8)26-18-30-68(72)83(67)85-75-41-59-21-13-15-23-61(59)43-77(75)86(78-44-62-24-16-14-22-60(62)42-76(78)85)84-69-31-19-27-65(81-55(9)37-49(3)38-56(81)10)73(69)46-74-66(28-20-32-70(74)84)82-57(11)39-50(4)40-58(82)12/h13-46H,1-12H3. The maximum Gasteiger partial charge on any atom is 0.241 e. The van der Waals surface area contributed by atoms with Gasteiger partial charge in [0.1, 0.15) is 0 Å². The quantitative estimate of drug-likeness (QED) is 0.115. The Morgan fingerprint density at radius 3 is 0.616 bits per heavy atom. The van der Waals surface area contributed by atoms with Crippen LogP contribution in [0.3, 0.4) is 0 Å². The lowest BCUT2D eigenvalue weighted by Gasteiger charge is -2.35. The number of benzene rings is 14. The average Bonchev–Trinajstić information content (AvgIpc) is 0.762. The molecule has 0 fully saturated rings. The molecule has 14 aromatic rings. The van der Waals surface area contributed by atoms with Crippen LogP contribution < -0.4 is 32.8 Å². The molecule has 2 heteroatoms. The lowest BCUT2D eigenvalue weighted by molar-refractivity contribution is 1.32. The van der Waals surface area contributed by atoms with E-state index in [1.54, 1.807) is 0 Å². The summed E-state index contributed by atoms with van der Waals surface area (Å²) < 4.78 is 0. The molecule has 0 nitrogen and oxygen atoms in total. The molecule has 0 radical (unpaired) electrons. The van der Waals surface area contributed by atoms with Crippen LogP contribution in [0.15, 0.2) is 206 Å². The normalized spacial score (nSPS) is 12.4. The van der Waals surface area contributed by atoms with Gasteiger partial charge in [-0.2, -0.15) is 0 Å². The van der Waals surface area contributed by atoms with Crippen LogP contribution in [0.1, 0.15) is 66.8 Å². The van der Waals surface area contributed by atoms with Gasteiger partial charge >= 0.3 is 0 Å². The molecule has 86 heavy (non-hydrogen) atoms. The fourth-order valence-corrected chi connectivity index (χ4v) is 16.8. The summed E-state index contributed by atoms with van der Waals surface area (Å²) in [7, 11) is 0. The zero-order valence-electron chi connectivity index (χ0n) is 51.8. The molecule has 0 aliphatic carbocycles. The second-order valence-corrected chi connectivity index (χ2v) is 25.8. The highest BCUT2D eigenvalue weighted by Crippen LogP contribution is 2.43. The highest BCUT2D eigenvalue weighted by Gasteiger charge is 2.42. The van der Waals surface area contributed by atoms with Crippen LogP contribution in [-0.2, 0) is 0 Å². The lowest BCUT2D eigenvalue weighted by Crippen LogP contribution is -2.75. The molecule has 1 aliphatic heterocycles. The summed E-state index contributed by atoms with van der Waals surface area (Å²) in [6.45, 7) is 27.1. The van der Waals surface area contributed by atoms with E-state index in [0.29, 0.717) is 0 Å². The van der Waals surface area contributed by atoms with Crippen molar-refractivity contribution < 1.29 is 0 Å². The summed E-state index contributed by atoms with van der Waals surface area (Å²) in [4.78, 5) is 0. The first kappa shape index (κ1) is 53.5. The summed E-state index contributed by atoms with van der Waals surface area (Å²) in [5.74, 6) is 0. The van der Waals surface area contributed by atoms with E-state index in [2.05, 4.69) is 289 Å². The Labute approximate surface area is 508 Å². The molecule has 412 valence electrons. The Morgan fingerprint density at radius 2 is 0.407 bits per heavy atom. The van der Waals surface area contributed by atoms with Crippen LogP contribution in [0.2, 0.25) is 0 Å². The van der Waals surface area contributed by atoms with E-state index in [4.69, 9.17) is 0 Å². The van der Waals surface area contributed by atoms with Gasteiger partial charge in [-0.05, 0) is 249 Å². The Balaban J connectivity index is 1.13. The first-order valence-electron chi connectivity index (χ1n) is 30.9. The van der Waals surface area contributed by atoms with Gasteiger partial charge in [0.2, 0.25) is 13.4 Å². The Hall–Kier alpha value is -9.23. The van der Waals surface area contributed by atoms with Gasteiger partial charge < -0.3 is 0 Å². The van der Waals surface area contributed by atoms with Crippen molar-refractivity contribution in [1.82, 2.24) is 0 Å². The van der Waals surface area contributed by atoms with Gasteiger partial charge in [-0.25, -0.2) is 0 Å². The molecule has 15 rings (SSSR count). The van der Waals surface area contributed by atoms with E-state index in [0.717, 1.165) is 0 Å². The second kappa shape index (κ2) is 20.2. The van der Waals surface area contributed by atoms with Gasteiger partial charge in [0.25, 0.3) is 0 Å². The summed E-state index contributed by atoms with van der Waals surface area (Å²) in [6.07, 6.45) is 0. The summed E-state index contributed by atoms with van der Waals surface area (Å²) in [5.41, 5.74) is 34.2. The largest absolute Gasteiger partial charge is 0.241 e. The van der Waals surface area contributed by atoms with Crippen LogP contribution in [0.5, 0.6) is 0 Å². The number of aryl methyl sites for hydroxylation is 12. The summed E-state index contributed by atoms with van der Waals surface area (Å²) >= 11 is 0. The van der Waals surface area contributed by atoms with Crippen molar-refractivity contribution in [2.45, 2.75) is 83.1 Å². The van der Waals surface area contributed by atoms with Crippen molar-refractivity contribution in [2.24, 2.45) is 0 Å². The molecule has 0 saturated carbocycles. The molecule has 0 atom stereocenters. The topological polar surface area (TPSA) is 0 Å². The van der Waals surface area contributed by atoms with Crippen LogP contribution in [-0.4, -0.2) is 13.4 Å². The fourth-order valence-electron chi connectivity index (χ4n) is 16.8. The van der Waals surface area contributed by atoms with Gasteiger partial charge in [0, 0.05) is 0 Å². The summed E-state index contributed by atoms with van der Waals surface area (Å²) in [6, 6.07) is 81.4. The molecular weight excluding hydrogens is 1030 g/mol. The molecule has 14 aromatic carbocycles. The van der Waals surface area contributed by atoms with E-state index >= 15 is 0 Å². The van der Waals surface area contributed by atoms with Crippen molar-refractivity contribution in [1.29, 1.82) is 0 Å².